The van der Waals surface area contributed by atoms with Gasteiger partial charge in [-0.25, -0.2) is 9.79 Å². The lowest BCUT2D eigenvalue weighted by molar-refractivity contribution is -0.151. The number of hydrogen-bond donors (Lipinski definition) is 0. The van der Waals surface area contributed by atoms with Crippen LogP contribution in [0.3, 0.4) is 0 Å². The summed E-state index contributed by atoms with van der Waals surface area (Å²) in [6.45, 7) is 4.89. The summed E-state index contributed by atoms with van der Waals surface area (Å²) in [5, 5.41) is 2.56. The van der Waals surface area contributed by atoms with Crippen LogP contribution in [0.1, 0.15) is 44.7 Å². The molecule has 4 rings (SSSR count). The predicted molar refractivity (Wildman–Crippen MR) is 143 cm³/mol. The fraction of sp³-hybridized carbons (Fsp3) is 0.481. The summed E-state index contributed by atoms with van der Waals surface area (Å²) < 4.78 is 21.5. The molecule has 204 valence electrons. The van der Waals surface area contributed by atoms with Gasteiger partial charge < -0.3 is 28.7 Å². The molecule has 1 aromatic carbocycles. The average molecular weight is 544 g/mol. The maximum atomic E-state index is 13.4. The molecule has 1 saturated heterocycles. The van der Waals surface area contributed by atoms with Crippen molar-refractivity contribution < 1.29 is 33.3 Å². The van der Waals surface area contributed by atoms with Crippen LogP contribution in [0, 0.1) is 5.92 Å². The van der Waals surface area contributed by atoms with Crippen LogP contribution in [0.2, 0.25) is 0 Å². The topological polar surface area (TPSA) is 107 Å². The van der Waals surface area contributed by atoms with E-state index in [4.69, 9.17) is 18.9 Å². The molecule has 1 aromatic rings. The lowest BCUT2D eigenvalue weighted by Crippen LogP contribution is -2.42. The number of carbonyl (C=O) groups excluding carboxylic acids is 3. The minimum atomic E-state index is -0.636. The maximum Gasteiger partial charge on any atom is 0.338 e. The van der Waals surface area contributed by atoms with E-state index >= 15 is 0 Å². The second-order valence-corrected chi connectivity index (χ2v) is 9.89. The van der Waals surface area contributed by atoms with Crippen molar-refractivity contribution in [2.45, 2.75) is 39.2 Å². The van der Waals surface area contributed by atoms with Crippen molar-refractivity contribution in [1.82, 2.24) is 9.80 Å². The number of likely N-dealkylation sites (tertiary alicyclic amines) is 1. The van der Waals surface area contributed by atoms with Gasteiger partial charge in [0.15, 0.2) is 16.7 Å². The van der Waals surface area contributed by atoms with Crippen LogP contribution in [-0.4, -0.2) is 73.8 Å². The molecule has 0 aliphatic carbocycles. The van der Waals surface area contributed by atoms with Crippen LogP contribution in [0.15, 0.2) is 45.6 Å². The quantitative estimate of drug-likeness (QED) is 0.454. The Labute approximate surface area is 226 Å². The molecule has 0 aromatic heterocycles. The Bertz CT molecular complexity index is 1200. The van der Waals surface area contributed by atoms with Gasteiger partial charge in [-0.1, -0.05) is 23.9 Å². The highest BCUT2D eigenvalue weighted by Crippen LogP contribution is 2.48. The van der Waals surface area contributed by atoms with Crippen molar-refractivity contribution in [3.8, 4) is 11.5 Å². The van der Waals surface area contributed by atoms with Gasteiger partial charge >= 0.3 is 11.9 Å². The Hall–Kier alpha value is -3.47. The van der Waals surface area contributed by atoms with E-state index < -0.39 is 12.0 Å². The molecule has 0 bridgehead atoms. The average Bonchev–Trinajstić information content (AvgIpc) is 3.33. The third-order valence-electron chi connectivity index (χ3n) is 6.93. The fourth-order valence-electron chi connectivity index (χ4n) is 5.05. The number of rotatable bonds is 8. The number of amides is 1. The molecule has 10 nitrogen and oxygen atoms in total. The van der Waals surface area contributed by atoms with E-state index in [2.05, 4.69) is 4.99 Å². The third-order valence-corrected chi connectivity index (χ3v) is 7.82. The van der Waals surface area contributed by atoms with Crippen molar-refractivity contribution in [2.24, 2.45) is 10.9 Å². The zero-order valence-corrected chi connectivity index (χ0v) is 23.1. The van der Waals surface area contributed by atoms with Crippen LogP contribution in [0.4, 0.5) is 0 Å². The number of benzene rings is 1. The number of esters is 2. The zero-order valence-electron chi connectivity index (χ0n) is 22.3. The van der Waals surface area contributed by atoms with Gasteiger partial charge in [-0.05, 0) is 38.2 Å². The molecule has 1 fully saturated rings. The summed E-state index contributed by atoms with van der Waals surface area (Å²) in [6, 6.07) is 4.85. The first-order chi connectivity index (χ1) is 18.3. The number of methoxy groups -OCH3 is 3. The molecular weight excluding hydrogens is 510 g/mol. The monoisotopic (exact) mass is 543 g/mol. The van der Waals surface area contributed by atoms with Gasteiger partial charge in [-0.2, -0.15) is 0 Å². The highest BCUT2D eigenvalue weighted by atomic mass is 32.2. The van der Waals surface area contributed by atoms with Gasteiger partial charge in [0.05, 0.1) is 57.6 Å². The molecule has 3 aliphatic heterocycles. The molecule has 11 heteroatoms. The van der Waals surface area contributed by atoms with E-state index in [0.717, 1.165) is 5.70 Å². The Morgan fingerprint density at radius 1 is 1.11 bits per heavy atom. The summed E-state index contributed by atoms with van der Waals surface area (Å²) in [6.07, 6.45) is 1.27. The van der Waals surface area contributed by atoms with Crippen molar-refractivity contribution in [1.29, 1.82) is 0 Å². The second-order valence-electron chi connectivity index (χ2n) is 9.05. The van der Waals surface area contributed by atoms with E-state index in [1.807, 2.05) is 22.4 Å². The number of para-hydroxylation sites is 1. The Morgan fingerprint density at radius 2 is 1.84 bits per heavy atom. The molecule has 38 heavy (non-hydrogen) atoms. The third kappa shape index (κ3) is 5.24. The highest BCUT2D eigenvalue weighted by molar-refractivity contribution is 8.16. The van der Waals surface area contributed by atoms with E-state index in [1.165, 1.54) is 18.9 Å². The largest absolute Gasteiger partial charge is 0.493 e. The normalized spacial score (nSPS) is 19.4. The first-order valence-electron chi connectivity index (χ1n) is 12.5. The summed E-state index contributed by atoms with van der Waals surface area (Å²) >= 11 is 1.40. The van der Waals surface area contributed by atoms with E-state index in [0.29, 0.717) is 66.0 Å². The van der Waals surface area contributed by atoms with Gasteiger partial charge in [0, 0.05) is 24.4 Å². The van der Waals surface area contributed by atoms with Gasteiger partial charge in [-0.15, -0.1) is 0 Å². The molecule has 0 saturated carbocycles. The number of carbonyl (C=O) groups is 3. The molecule has 1 amide bonds. The van der Waals surface area contributed by atoms with E-state index in [9.17, 15) is 14.4 Å². The summed E-state index contributed by atoms with van der Waals surface area (Å²) in [5.41, 5.74) is 2.30. The Balaban J connectivity index is 1.62. The number of allylic oxidation sites excluding steroid dienone is 1. The number of aliphatic imine (C=N–C) groups is 1. The summed E-state index contributed by atoms with van der Waals surface area (Å²) in [4.78, 5) is 46.9. The number of nitrogens with zero attached hydrogens (tertiary/aromatic N) is 3. The summed E-state index contributed by atoms with van der Waals surface area (Å²) in [5.74, 6) is 0.0670. The molecule has 0 spiro atoms. The van der Waals surface area contributed by atoms with Crippen LogP contribution in [0.25, 0.3) is 0 Å². The lowest BCUT2D eigenvalue weighted by Gasteiger charge is -2.37. The van der Waals surface area contributed by atoms with Crippen LogP contribution < -0.4 is 9.47 Å². The Kier molecular flexibility index (Phi) is 8.65. The number of fused-ring (bicyclic) bond motifs is 1. The van der Waals surface area contributed by atoms with Gasteiger partial charge in [-0.3, -0.25) is 9.59 Å². The number of thioether (sulfide) groups is 1. The zero-order chi connectivity index (χ0) is 27.4. The molecule has 0 unspecified atom stereocenters. The molecule has 0 radical (unpaired) electrons. The van der Waals surface area contributed by atoms with E-state index in [1.54, 1.807) is 39.0 Å². The molecule has 3 aliphatic rings. The SMILES string of the molecule is CCOC(=O)C1CCN(C(=O)CC2=CSC3=NC(C)=C(C(=O)OC)[C@H](c4cccc(OC)c4OC)N23)CC1. The van der Waals surface area contributed by atoms with Crippen molar-refractivity contribution >= 4 is 34.8 Å². The van der Waals surface area contributed by atoms with Crippen molar-refractivity contribution in [3.05, 3.63) is 46.1 Å². The molecule has 1 atom stereocenters. The van der Waals surface area contributed by atoms with E-state index in [-0.39, 0.29) is 24.2 Å². The van der Waals surface area contributed by atoms with Crippen molar-refractivity contribution in [3.63, 3.8) is 0 Å². The number of piperidine rings is 1. The highest BCUT2D eigenvalue weighted by Gasteiger charge is 2.43. The van der Waals surface area contributed by atoms with Gasteiger partial charge in [0.25, 0.3) is 0 Å². The van der Waals surface area contributed by atoms with Crippen molar-refractivity contribution in [2.75, 3.05) is 41.0 Å². The second kappa shape index (κ2) is 11.9. The number of ether oxygens (including phenoxy) is 4. The summed E-state index contributed by atoms with van der Waals surface area (Å²) in [7, 11) is 4.44. The maximum absolute atomic E-state index is 13.4. The first-order valence-corrected chi connectivity index (χ1v) is 13.4. The number of amidine groups is 1. The standard InChI is InChI=1S/C27H33N3O7S/c1-6-37-25(32)17-10-12-29(13-11-17)21(31)14-18-15-38-27-28-16(2)22(26(33)36-5)23(30(18)27)19-8-7-9-20(34-3)24(19)35-4/h7-9,15,17,23H,6,10-14H2,1-5H3/t23-/m0/s1. The molecule has 3 heterocycles. The van der Waals surface area contributed by atoms with Crippen LogP contribution >= 0.6 is 11.8 Å². The minimum absolute atomic E-state index is 0.0531. The van der Waals surface area contributed by atoms with Crippen LogP contribution in [-0.2, 0) is 23.9 Å². The molecule has 0 N–H and O–H groups in total. The van der Waals surface area contributed by atoms with Gasteiger partial charge in [0.1, 0.15) is 0 Å². The van der Waals surface area contributed by atoms with Crippen LogP contribution in [0.5, 0.6) is 11.5 Å². The number of hydrogen-bond acceptors (Lipinski definition) is 10. The molecular formula is C27H33N3O7S. The predicted octanol–water partition coefficient (Wildman–Crippen LogP) is 3.64. The smallest absolute Gasteiger partial charge is 0.338 e. The Morgan fingerprint density at radius 3 is 2.47 bits per heavy atom. The fourth-order valence-corrected chi connectivity index (χ4v) is 6.02. The van der Waals surface area contributed by atoms with Gasteiger partial charge in [0.2, 0.25) is 5.91 Å². The minimum Gasteiger partial charge on any atom is -0.493 e. The first kappa shape index (κ1) is 27.6. The lowest BCUT2D eigenvalue weighted by atomic mass is 9.92.